The number of fused-ring (bicyclic) bond motifs is 2. The predicted octanol–water partition coefficient (Wildman–Crippen LogP) is 6.65. The van der Waals surface area contributed by atoms with E-state index in [1.54, 1.807) is 48.5 Å². The Kier molecular flexibility index (Phi) is 7.55. The topological polar surface area (TPSA) is 89.6 Å². The lowest BCUT2D eigenvalue weighted by Gasteiger charge is -2.36. The SMILES string of the molecule is OC(O)c1ccc2nc(Cc3ccc(-c4cccc(OCc5ccc(C(F)F)cc5F)n4)cc3F)n(CC34CC(CO3)C4)c2c1. The maximum Gasteiger partial charge on any atom is 0.263 e. The highest BCUT2D eigenvalue weighted by Crippen LogP contribution is 2.49. The Hall–Kier alpha value is -4.32. The zero-order valence-corrected chi connectivity index (χ0v) is 24.0. The van der Waals surface area contributed by atoms with Gasteiger partial charge in [-0.05, 0) is 54.7 Å². The lowest BCUT2D eigenvalue weighted by molar-refractivity contribution is -0.0424. The molecule has 2 aliphatic heterocycles. The van der Waals surface area contributed by atoms with Crippen molar-refractivity contribution >= 4 is 11.0 Å². The summed E-state index contributed by atoms with van der Waals surface area (Å²) in [5.74, 6) is 0.111. The van der Waals surface area contributed by atoms with Crippen LogP contribution in [-0.4, -0.2) is 37.0 Å². The predicted molar refractivity (Wildman–Crippen MR) is 156 cm³/mol. The average molecular weight is 620 g/mol. The minimum atomic E-state index is -2.77. The summed E-state index contributed by atoms with van der Waals surface area (Å²) in [6, 6.07) is 18.0. The molecule has 4 heterocycles. The molecule has 3 fully saturated rings. The molecule has 7 nitrogen and oxygen atoms in total. The summed E-state index contributed by atoms with van der Waals surface area (Å²) in [6.45, 7) is 1.05. The molecule has 2 saturated heterocycles. The van der Waals surface area contributed by atoms with Gasteiger partial charge < -0.3 is 24.3 Å². The molecule has 232 valence electrons. The van der Waals surface area contributed by atoms with Crippen LogP contribution >= 0.6 is 0 Å². The van der Waals surface area contributed by atoms with E-state index in [1.807, 2.05) is 4.57 Å². The van der Waals surface area contributed by atoms with Gasteiger partial charge in [0.1, 0.15) is 24.1 Å². The summed E-state index contributed by atoms with van der Waals surface area (Å²) >= 11 is 0. The number of benzene rings is 3. The third-order valence-electron chi connectivity index (χ3n) is 8.67. The highest BCUT2D eigenvalue weighted by molar-refractivity contribution is 5.77. The van der Waals surface area contributed by atoms with Crippen LogP contribution in [-0.2, 0) is 24.3 Å². The summed E-state index contributed by atoms with van der Waals surface area (Å²) in [4.78, 5) is 9.20. The smallest absolute Gasteiger partial charge is 0.263 e. The summed E-state index contributed by atoms with van der Waals surface area (Å²) in [5, 5.41) is 19.5. The Morgan fingerprint density at radius 1 is 0.911 bits per heavy atom. The zero-order valence-electron chi connectivity index (χ0n) is 24.0. The van der Waals surface area contributed by atoms with Gasteiger partial charge in [-0.25, -0.2) is 27.5 Å². The van der Waals surface area contributed by atoms with Crippen molar-refractivity contribution in [3.63, 3.8) is 0 Å². The van der Waals surface area contributed by atoms with Gasteiger partial charge in [-0.2, -0.15) is 0 Å². The van der Waals surface area contributed by atoms with Gasteiger partial charge in [0, 0.05) is 34.7 Å². The van der Waals surface area contributed by atoms with E-state index in [-0.39, 0.29) is 30.1 Å². The second kappa shape index (κ2) is 11.6. The van der Waals surface area contributed by atoms with E-state index in [4.69, 9.17) is 14.5 Å². The molecule has 11 heteroatoms. The van der Waals surface area contributed by atoms with E-state index in [1.165, 1.54) is 12.1 Å². The first-order valence-corrected chi connectivity index (χ1v) is 14.6. The first kappa shape index (κ1) is 29.4. The molecule has 0 atom stereocenters. The fourth-order valence-corrected chi connectivity index (χ4v) is 6.29. The van der Waals surface area contributed by atoms with Crippen LogP contribution in [0.3, 0.4) is 0 Å². The molecular formula is C34H29F4N3O4. The molecular weight excluding hydrogens is 590 g/mol. The van der Waals surface area contributed by atoms with Crippen LogP contribution in [0.5, 0.6) is 5.88 Å². The van der Waals surface area contributed by atoms with Crippen LogP contribution in [0.1, 0.15) is 53.6 Å². The fourth-order valence-electron chi connectivity index (χ4n) is 6.29. The standard InChI is InChI=1S/C34H29F4N3O4/c35-25-10-21(27-2-1-3-31(40-27)44-17-24-7-6-22(32(37)38)11-26(24)36)5-4-20(25)13-30-39-28-9-8-23(33(42)43)12-29(28)41(30)18-34-14-19(15-34)16-45-34/h1-12,19,32-33,42-43H,13-18H2. The number of aliphatic hydroxyl groups excluding tert-OH is 1. The number of imidazole rings is 1. The number of pyridine rings is 1. The lowest BCUT2D eigenvalue weighted by Crippen LogP contribution is -2.41. The number of alkyl halides is 2. The van der Waals surface area contributed by atoms with Crippen molar-refractivity contribution in [2.45, 2.75) is 50.7 Å². The first-order valence-electron chi connectivity index (χ1n) is 14.6. The Bertz CT molecular complexity index is 1880. The number of rotatable bonds is 10. The van der Waals surface area contributed by atoms with E-state index >= 15 is 4.39 Å². The van der Waals surface area contributed by atoms with Crippen LogP contribution in [0.4, 0.5) is 17.6 Å². The van der Waals surface area contributed by atoms with Gasteiger partial charge in [-0.3, -0.25) is 0 Å². The van der Waals surface area contributed by atoms with Gasteiger partial charge in [-0.15, -0.1) is 0 Å². The molecule has 0 unspecified atom stereocenters. The number of aromatic nitrogens is 3. The van der Waals surface area contributed by atoms with Crippen LogP contribution in [0, 0.1) is 17.6 Å². The third kappa shape index (κ3) is 5.79. The van der Waals surface area contributed by atoms with Crippen molar-refractivity contribution in [3.8, 4) is 17.1 Å². The van der Waals surface area contributed by atoms with Crippen molar-refractivity contribution < 1.29 is 37.2 Å². The van der Waals surface area contributed by atoms with Crippen molar-refractivity contribution in [2.75, 3.05) is 6.61 Å². The molecule has 0 amide bonds. The van der Waals surface area contributed by atoms with Crippen LogP contribution in [0.15, 0.2) is 72.8 Å². The number of halogens is 4. The van der Waals surface area contributed by atoms with Crippen molar-refractivity contribution in [1.29, 1.82) is 0 Å². The monoisotopic (exact) mass is 619 g/mol. The van der Waals surface area contributed by atoms with Crippen molar-refractivity contribution in [3.05, 3.63) is 113 Å². The van der Waals surface area contributed by atoms with E-state index in [9.17, 15) is 23.4 Å². The van der Waals surface area contributed by atoms with Crippen LogP contribution < -0.4 is 4.74 Å². The van der Waals surface area contributed by atoms with Gasteiger partial charge in [-0.1, -0.05) is 36.4 Å². The number of ether oxygens (including phenoxy) is 2. The molecule has 0 radical (unpaired) electrons. The molecule has 2 bridgehead atoms. The number of aliphatic hydroxyl groups is 2. The van der Waals surface area contributed by atoms with Crippen LogP contribution in [0.25, 0.3) is 22.3 Å². The number of hydrogen-bond donors (Lipinski definition) is 2. The van der Waals surface area contributed by atoms with Gasteiger partial charge >= 0.3 is 0 Å². The molecule has 1 saturated carbocycles. The Morgan fingerprint density at radius 2 is 1.69 bits per heavy atom. The molecule has 5 aromatic rings. The minimum Gasteiger partial charge on any atom is -0.473 e. The van der Waals surface area contributed by atoms with Gasteiger partial charge in [0.05, 0.1) is 35.5 Å². The largest absolute Gasteiger partial charge is 0.473 e. The molecule has 45 heavy (non-hydrogen) atoms. The molecule has 3 aromatic carbocycles. The summed E-state index contributed by atoms with van der Waals surface area (Å²) in [6.07, 6.45) is -2.30. The van der Waals surface area contributed by atoms with Crippen molar-refractivity contribution in [2.24, 2.45) is 5.92 Å². The van der Waals surface area contributed by atoms with Gasteiger partial charge in [0.15, 0.2) is 6.29 Å². The molecule has 2 aromatic heterocycles. The summed E-state index contributed by atoms with van der Waals surface area (Å²) in [7, 11) is 0. The molecule has 3 aliphatic rings. The fraction of sp³-hybridized carbons (Fsp3) is 0.294. The summed E-state index contributed by atoms with van der Waals surface area (Å²) in [5.41, 5.74) is 2.51. The Morgan fingerprint density at radius 3 is 2.40 bits per heavy atom. The van der Waals surface area contributed by atoms with E-state index < -0.39 is 29.9 Å². The number of nitrogens with zero attached hydrogens (tertiary/aromatic N) is 3. The van der Waals surface area contributed by atoms with Crippen LogP contribution in [0.2, 0.25) is 0 Å². The third-order valence-corrected chi connectivity index (χ3v) is 8.67. The highest BCUT2D eigenvalue weighted by Gasteiger charge is 2.52. The molecule has 0 spiro atoms. The molecule has 1 aliphatic carbocycles. The first-order chi connectivity index (χ1) is 21.7. The Labute approximate surface area is 255 Å². The summed E-state index contributed by atoms with van der Waals surface area (Å²) < 4.78 is 69.2. The maximum atomic E-state index is 15.6. The minimum absolute atomic E-state index is 0.105. The molecule has 2 N–H and O–H groups in total. The highest BCUT2D eigenvalue weighted by atomic mass is 19.3. The molecule has 8 rings (SSSR count). The van der Waals surface area contributed by atoms with E-state index in [2.05, 4.69) is 4.98 Å². The van der Waals surface area contributed by atoms with E-state index in [0.717, 1.165) is 37.1 Å². The number of hydrogen-bond acceptors (Lipinski definition) is 6. The van der Waals surface area contributed by atoms with Gasteiger partial charge in [0.25, 0.3) is 6.43 Å². The van der Waals surface area contributed by atoms with Gasteiger partial charge in [0.2, 0.25) is 5.88 Å². The zero-order chi connectivity index (χ0) is 31.3. The quantitative estimate of drug-likeness (QED) is 0.135. The second-order valence-electron chi connectivity index (χ2n) is 11.8. The maximum absolute atomic E-state index is 15.6. The second-order valence-corrected chi connectivity index (χ2v) is 11.8. The average Bonchev–Trinajstić information content (AvgIpc) is 3.71. The van der Waals surface area contributed by atoms with Crippen molar-refractivity contribution in [1.82, 2.24) is 14.5 Å². The van der Waals surface area contributed by atoms with E-state index in [0.29, 0.717) is 46.2 Å². The Balaban J connectivity index is 1.12. The lowest BCUT2D eigenvalue weighted by atomic mass is 9.74. The normalized spacial score (nSPS) is 19.1.